The van der Waals surface area contributed by atoms with Crippen molar-refractivity contribution in [1.82, 2.24) is 9.80 Å². The van der Waals surface area contributed by atoms with E-state index in [2.05, 4.69) is 37.7 Å². The lowest BCUT2D eigenvalue weighted by atomic mass is 9.89. The summed E-state index contributed by atoms with van der Waals surface area (Å²) in [5.41, 5.74) is 0. The Labute approximate surface area is 127 Å². The predicted octanol–water partition coefficient (Wildman–Crippen LogP) is 4.26. The average Bonchev–Trinajstić information content (AvgIpc) is 2.41. The fourth-order valence-corrected chi connectivity index (χ4v) is 3.26. The van der Waals surface area contributed by atoms with Crippen molar-refractivity contribution in [2.24, 2.45) is 11.8 Å². The molecule has 0 bridgehead atoms. The molecule has 0 N–H and O–H groups in total. The summed E-state index contributed by atoms with van der Waals surface area (Å²) in [5, 5.41) is 0. The molecule has 0 aromatic carbocycles. The average molecular weight is 283 g/mol. The van der Waals surface area contributed by atoms with Crippen LogP contribution < -0.4 is 0 Å². The van der Waals surface area contributed by atoms with Crippen molar-refractivity contribution in [1.29, 1.82) is 0 Å². The van der Waals surface area contributed by atoms with Gasteiger partial charge in [0.05, 0.1) is 0 Å². The van der Waals surface area contributed by atoms with E-state index in [-0.39, 0.29) is 0 Å². The highest BCUT2D eigenvalue weighted by molar-refractivity contribution is 4.71. The third-order valence-corrected chi connectivity index (χ3v) is 4.61. The van der Waals surface area contributed by atoms with Crippen LogP contribution in [0.2, 0.25) is 0 Å². The van der Waals surface area contributed by atoms with Gasteiger partial charge in [-0.2, -0.15) is 0 Å². The highest BCUT2D eigenvalue weighted by atomic mass is 15.2. The topological polar surface area (TPSA) is 6.48 Å². The third kappa shape index (κ3) is 8.97. The van der Waals surface area contributed by atoms with Crippen LogP contribution in [0.25, 0.3) is 0 Å². The molecule has 2 nitrogen and oxygen atoms in total. The normalized spacial score (nSPS) is 17.6. The molecule has 1 saturated carbocycles. The second-order valence-corrected chi connectivity index (χ2v) is 7.50. The van der Waals surface area contributed by atoms with Crippen molar-refractivity contribution >= 4 is 0 Å². The molecule has 0 atom stereocenters. The summed E-state index contributed by atoms with van der Waals surface area (Å²) in [6.07, 6.45) is 11.6. The van der Waals surface area contributed by atoms with Crippen LogP contribution in [0.1, 0.15) is 65.2 Å². The second kappa shape index (κ2) is 10.6. The van der Waals surface area contributed by atoms with Gasteiger partial charge in [-0.15, -0.1) is 0 Å². The zero-order chi connectivity index (χ0) is 14.8. The molecule has 1 fully saturated rings. The molecule has 0 aliphatic heterocycles. The summed E-state index contributed by atoms with van der Waals surface area (Å²) in [6.45, 7) is 9.81. The van der Waals surface area contributed by atoms with Crippen molar-refractivity contribution in [2.45, 2.75) is 65.2 Å². The zero-order valence-electron chi connectivity index (χ0n) is 14.5. The molecule has 0 spiro atoms. The van der Waals surface area contributed by atoms with Crippen LogP contribution in [0.15, 0.2) is 0 Å². The summed E-state index contributed by atoms with van der Waals surface area (Å²) in [5.74, 6) is 1.85. The summed E-state index contributed by atoms with van der Waals surface area (Å²) in [7, 11) is 4.38. The Kier molecular flexibility index (Phi) is 9.54. The van der Waals surface area contributed by atoms with Crippen LogP contribution in [0, 0.1) is 11.8 Å². The Morgan fingerprint density at radius 1 is 0.900 bits per heavy atom. The van der Waals surface area contributed by atoms with Gasteiger partial charge in [0.1, 0.15) is 0 Å². The van der Waals surface area contributed by atoms with E-state index in [9.17, 15) is 0 Å². The number of unbranched alkanes of at least 4 members (excludes halogenated alkanes) is 1. The number of hydrogen-bond acceptors (Lipinski definition) is 2. The lowest BCUT2D eigenvalue weighted by Crippen LogP contribution is -2.36. The van der Waals surface area contributed by atoms with Gasteiger partial charge in [-0.05, 0) is 51.7 Å². The Bertz CT molecular complexity index is 219. The zero-order valence-corrected chi connectivity index (χ0v) is 14.5. The molecule has 0 aromatic heterocycles. The van der Waals surface area contributed by atoms with Gasteiger partial charge >= 0.3 is 0 Å². The van der Waals surface area contributed by atoms with Crippen LogP contribution in [0.5, 0.6) is 0 Å². The first-order valence-electron chi connectivity index (χ1n) is 8.95. The molecule has 0 saturated heterocycles. The maximum atomic E-state index is 2.75. The Morgan fingerprint density at radius 2 is 1.60 bits per heavy atom. The Morgan fingerprint density at radius 3 is 2.20 bits per heavy atom. The third-order valence-electron chi connectivity index (χ3n) is 4.61. The second-order valence-electron chi connectivity index (χ2n) is 7.50. The molecule has 0 radical (unpaired) electrons. The SMILES string of the molecule is CC(C)CCCCN(CCN(C)C)CC1CCCCC1. The van der Waals surface area contributed by atoms with Crippen LogP contribution in [-0.4, -0.2) is 50.1 Å². The molecule has 0 amide bonds. The van der Waals surface area contributed by atoms with Gasteiger partial charge in [0.25, 0.3) is 0 Å². The molecular weight excluding hydrogens is 244 g/mol. The largest absolute Gasteiger partial charge is 0.308 e. The molecule has 1 aliphatic rings. The minimum absolute atomic E-state index is 0.864. The maximum absolute atomic E-state index is 2.75. The summed E-state index contributed by atoms with van der Waals surface area (Å²) in [4.78, 5) is 5.07. The Balaban J connectivity index is 2.26. The van der Waals surface area contributed by atoms with Crippen molar-refractivity contribution in [3.63, 3.8) is 0 Å². The minimum Gasteiger partial charge on any atom is -0.308 e. The molecule has 2 heteroatoms. The summed E-state index contributed by atoms with van der Waals surface area (Å²) < 4.78 is 0. The van der Waals surface area contributed by atoms with Gasteiger partial charge in [-0.25, -0.2) is 0 Å². The molecule has 0 heterocycles. The van der Waals surface area contributed by atoms with Crippen LogP contribution in [0.4, 0.5) is 0 Å². The number of hydrogen-bond donors (Lipinski definition) is 0. The molecule has 0 aromatic rings. The van der Waals surface area contributed by atoms with Gasteiger partial charge in [0.15, 0.2) is 0 Å². The summed E-state index contributed by atoms with van der Waals surface area (Å²) >= 11 is 0. The van der Waals surface area contributed by atoms with E-state index in [0.717, 1.165) is 11.8 Å². The van der Waals surface area contributed by atoms with Gasteiger partial charge in [0, 0.05) is 19.6 Å². The highest BCUT2D eigenvalue weighted by Crippen LogP contribution is 2.24. The van der Waals surface area contributed by atoms with Crippen molar-refractivity contribution in [3.8, 4) is 0 Å². The first-order valence-corrected chi connectivity index (χ1v) is 8.95. The van der Waals surface area contributed by atoms with E-state index < -0.39 is 0 Å². The molecule has 1 rings (SSSR count). The number of likely N-dealkylation sites (N-methyl/N-ethyl adjacent to an activating group) is 1. The lowest BCUT2D eigenvalue weighted by Gasteiger charge is -2.30. The molecule has 1 aliphatic carbocycles. The number of nitrogens with zero attached hydrogens (tertiary/aromatic N) is 2. The van der Waals surface area contributed by atoms with E-state index in [1.165, 1.54) is 77.5 Å². The quantitative estimate of drug-likeness (QED) is 0.553. The van der Waals surface area contributed by atoms with Crippen LogP contribution in [0.3, 0.4) is 0 Å². The smallest absolute Gasteiger partial charge is 0.0109 e. The van der Waals surface area contributed by atoms with E-state index in [4.69, 9.17) is 0 Å². The fraction of sp³-hybridized carbons (Fsp3) is 1.00. The number of rotatable bonds is 10. The maximum Gasteiger partial charge on any atom is 0.0109 e. The van der Waals surface area contributed by atoms with E-state index in [1.807, 2.05) is 0 Å². The van der Waals surface area contributed by atoms with E-state index in [1.54, 1.807) is 0 Å². The first-order chi connectivity index (χ1) is 9.58. The highest BCUT2D eigenvalue weighted by Gasteiger charge is 2.17. The van der Waals surface area contributed by atoms with Gasteiger partial charge in [-0.3, -0.25) is 0 Å². The van der Waals surface area contributed by atoms with Crippen molar-refractivity contribution < 1.29 is 0 Å². The van der Waals surface area contributed by atoms with Gasteiger partial charge in [0.2, 0.25) is 0 Å². The van der Waals surface area contributed by atoms with Gasteiger partial charge < -0.3 is 9.80 Å². The van der Waals surface area contributed by atoms with Crippen molar-refractivity contribution in [2.75, 3.05) is 40.3 Å². The van der Waals surface area contributed by atoms with Crippen molar-refractivity contribution in [3.05, 3.63) is 0 Å². The molecule has 0 unspecified atom stereocenters. The minimum atomic E-state index is 0.864. The molecule has 20 heavy (non-hydrogen) atoms. The molecule has 120 valence electrons. The predicted molar refractivity (Wildman–Crippen MR) is 90.3 cm³/mol. The van der Waals surface area contributed by atoms with Gasteiger partial charge in [-0.1, -0.05) is 46.0 Å². The lowest BCUT2D eigenvalue weighted by molar-refractivity contribution is 0.182. The standard InChI is InChI=1S/C18H38N2/c1-17(2)10-8-9-13-20(15-14-19(3)4)16-18-11-6-5-7-12-18/h17-18H,5-16H2,1-4H3. The monoisotopic (exact) mass is 282 g/mol. The first kappa shape index (κ1) is 18.0. The van der Waals surface area contributed by atoms with Crippen LogP contribution in [-0.2, 0) is 0 Å². The van der Waals surface area contributed by atoms with E-state index >= 15 is 0 Å². The fourth-order valence-electron chi connectivity index (χ4n) is 3.26. The summed E-state index contributed by atoms with van der Waals surface area (Å²) in [6, 6.07) is 0. The Hall–Kier alpha value is -0.0800. The molecular formula is C18H38N2. The van der Waals surface area contributed by atoms with E-state index in [0.29, 0.717) is 0 Å². The van der Waals surface area contributed by atoms with Crippen LogP contribution >= 0.6 is 0 Å².